The molecule has 0 spiro atoms. The quantitative estimate of drug-likeness (QED) is 0.305. The van der Waals surface area contributed by atoms with Crippen LogP contribution in [-0.4, -0.2) is 5.11 Å². The van der Waals surface area contributed by atoms with Gasteiger partial charge in [0, 0.05) is 0 Å². The Morgan fingerprint density at radius 1 is 1.67 bits per heavy atom. The number of rotatable bonds is 1. The maximum atomic E-state index is 8.28. The van der Waals surface area contributed by atoms with Crippen molar-refractivity contribution in [1.82, 2.24) is 0 Å². The molecule has 0 bridgehead atoms. The Labute approximate surface area is 61.0 Å². The number of aliphatic hydroxyl groups excluding tert-OH is 1. The third kappa shape index (κ3) is 8.88. The topological polar surface area (TPSA) is 20.2 Å². The zero-order valence-corrected chi connectivity index (χ0v) is 6.65. The summed E-state index contributed by atoms with van der Waals surface area (Å²) in [5.74, 6) is 0. The first-order chi connectivity index (χ1) is 2.27. The molecule has 0 radical (unpaired) electrons. The maximum absolute atomic E-state index is 8.28. The SMILES string of the molecule is CC[C-](C)O.[Na+]. The molecule has 0 atom stereocenters. The number of hydrogen-bond acceptors (Lipinski definition) is 1. The van der Waals surface area contributed by atoms with Crippen LogP contribution in [0.1, 0.15) is 20.3 Å². The molecule has 0 aromatic carbocycles. The Bertz CT molecular complexity index is 21.5. The third-order valence-electron chi connectivity index (χ3n) is 0.512. The van der Waals surface area contributed by atoms with Crippen LogP contribution in [-0.2, 0) is 0 Å². The Kier molecular flexibility index (Phi) is 9.98. The van der Waals surface area contributed by atoms with E-state index in [4.69, 9.17) is 5.11 Å². The van der Waals surface area contributed by atoms with Gasteiger partial charge in [-0.1, -0.05) is 6.92 Å². The van der Waals surface area contributed by atoms with Crippen LogP contribution in [0.15, 0.2) is 0 Å². The van der Waals surface area contributed by atoms with E-state index in [-0.39, 0.29) is 29.6 Å². The van der Waals surface area contributed by atoms with Gasteiger partial charge in [0.25, 0.3) is 0 Å². The number of hydrogen-bond donors (Lipinski definition) is 1. The fourth-order valence-corrected chi connectivity index (χ4v) is 0. The van der Waals surface area contributed by atoms with Crippen LogP contribution in [0.3, 0.4) is 0 Å². The van der Waals surface area contributed by atoms with Gasteiger partial charge in [0.2, 0.25) is 0 Å². The Balaban J connectivity index is 0. The third-order valence-corrected chi connectivity index (χ3v) is 0.512. The second kappa shape index (κ2) is 5.96. The molecule has 0 aliphatic carbocycles. The molecule has 0 unspecified atom stereocenters. The van der Waals surface area contributed by atoms with Gasteiger partial charge >= 0.3 is 29.6 Å². The molecule has 0 aliphatic heterocycles. The van der Waals surface area contributed by atoms with Gasteiger partial charge in [-0.15, -0.1) is 0 Å². The normalized spacial score (nSPS) is 8.00. The molecule has 6 heavy (non-hydrogen) atoms. The van der Waals surface area contributed by atoms with Crippen molar-refractivity contribution in [1.29, 1.82) is 0 Å². The fourth-order valence-electron chi connectivity index (χ4n) is 0. The molecule has 0 aromatic heterocycles. The van der Waals surface area contributed by atoms with Crippen molar-refractivity contribution in [3.05, 3.63) is 6.10 Å². The van der Waals surface area contributed by atoms with Crippen LogP contribution < -0.4 is 29.6 Å². The predicted molar refractivity (Wildman–Crippen MR) is 21.1 cm³/mol. The smallest absolute Gasteiger partial charge is 0.563 e. The van der Waals surface area contributed by atoms with E-state index in [1.165, 1.54) is 0 Å². The summed E-state index contributed by atoms with van der Waals surface area (Å²) in [4.78, 5) is 0. The predicted octanol–water partition coefficient (Wildman–Crippen LogP) is -1.68. The molecular formula is C4H9NaO. The maximum Gasteiger partial charge on any atom is 1.00 e. The summed E-state index contributed by atoms with van der Waals surface area (Å²) in [6.07, 6.45) is 1.28. The first-order valence-electron chi connectivity index (χ1n) is 1.78. The van der Waals surface area contributed by atoms with Crippen molar-refractivity contribution in [2.45, 2.75) is 20.3 Å². The van der Waals surface area contributed by atoms with Gasteiger partial charge in [-0.25, -0.2) is 6.10 Å². The monoisotopic (exact) mass is 96.1 g/mol. The molecule has 0 heterocycles. The summed E-state index contributed by atoms with van der Waals surface area (Å²) in [5.41, 5.74) is 0. The molecule has 1 N–H and O–H groups in total. The van der Waals surface area contributed by atoms with E-state index in [1.807, 2.05) is 6.92 Å². The van der Waals surface area contributed by atoms with Gasteiger partial charge in [0.05, 0.1) is 0 Å². The summed E-state index contributed by atoms with van der Waals surface area (Å²) >= 11 is 0. The van der Waals surface area contributed by atoms with E-state index in [0.717, 1.165) is 6.42 Å². The van der Waals surface area contributed by atoms with Crippen LogP contribution in [0, 0.1) is 6.10 Å². The van der Waals surface area contributed by atoms with Gasteiger partial charge < -0.3 is 5.11 Å². The van der Waals surface area contributed by atoms with Crippen molar-refractivity contribution >= 4 is 0 Å². The largest absolute Gasteiger partial charge is 1.00 e. The van der Waals surface area contributed by atoms with E-state index < -0.39 is 0 Å². The summed E-state index contributed by atoms with van der Waals surface area (Å²) in [6, 6.07) is 0. The second-order valence-electron chi connectivity index (χ2n) is 1.09. The molecule has 0 aliphatic rings. The summed E-state index contributed by atoms with van der Waals surface area (Å²) in [6.45, 7) is 3.61. The van der Waals surface area contributed by atoms with Crippen molar-refractivity contribution < 1.29 is 34.7 Å². The van der Waals surface area contributed by atoms with Crippen LogP contribution in [0.25, 0.3) is 0 Å². The Hall–Kier alpha value is 0.960. The van der Waals surface area contributed by atoms with Crippen LogP contribution >= 0.6 is 0 Å². The van der Waals surface area contributed by atoms with Gasteiger partial charge in [-0.3, -0.25) is 0 Å². The van der Waals surface area contributed by atoms with E-state index in [2.05, 4.69) is 0 Å². The minimum Gasteiger partial charge on any atom is -0.563 e. The van der Waals surface area contributed by atoms with E-state index >= 15 is 0 Å². The molecule has 0 amide bonds. The average Bonchev–Trinajstić information content (AvgIpc) is 1.38. The molecule has 0 saturated heterocycles. The van der Waals surface area contributed by atoms with Crippen molar-refractivity contribution in [3.63, 3.8) is 0 Å². The van der Waals surface area contributed by atoms with E-state index in [0.29, 0.717) is 6.10 Å². The molecule has 0 rings (SSSR count). The number of aliphatic hydroxyl groups is 1. The summed E-state index contributed by atoms with van der Waals surface area (Å²) < 4.78 is 0. The van der Waals surface area contributed by atoms with Gasteiger partial charge in [0.1, 0.15) is 0 Å². The van der Waals surface area contributed by atoms with Crippen LogP contribution in [0.4, 0.5) is 0 Å². The van der Waals surface area contributed by atoms with Crippen molar-refractivity contribution in [2.75, 3.05) is 0 Å². The minimum absolute atomic E-state index is 0. The van der Waals surface area contributed by atoms with Gasteiger partial charge in [-0.05, 0) is 0 Å². The molecule has 1 nitrogen and oxygen atoms in total. The zero-order chi connectivity index (χ0) is 4.28. The molecule has 0 aromatic rings. The van der Waals surface area contributed by atoms with Crippen LogP contribution in [0.2, 0.25) is 0 Å². The van der Waals surface area contributed by atoms with Crippen LogP contribution in [0.5, 0.6) is 0 Å². The van der Waals surface area contributed by atoms with Gasteiger partial charge in [-0.2, -0.15) is 13.3 Å². The zero-order valence-electron chi connectivity index (χ0n) is 4.65. The minimum atomic E-state index is 0. The first kappa shape index (κ1) is 10.0. The first-order valence-corrected chi connectivity index (χ1v) is 1.78. The molecule has 0 saturated carbocycles. The Morgan fingerprint density at radius 3 is 1.83 bits per heavy atom. The summed E-state index contributed by atoms with van der Waals surface area (Å²) in [7, 11) is 0. The Morgan fingerprint density at radius 2 is 1.83 bits per heavy atom. The summed E-state index contributed by atoms with van der Waals surface area (Å²) in [5, 5.41) is 8.28. The van der Waals surface area contributed by atoms with E-state index in [1.54, 1.807) is 6.92 Å². The standard InChI is InChI=1S/C4H9O.Na/c1-3-4(2)5;/h5H,3H2,1-2H3;/q-1;+1. The molecule has 0 fully saturated rings. The van der Waals surface area contributed by atoms with Crippen molar-refractivity contribution in [2.24, 2.45) is 0 Å². The molecular weight excluding hydrogens is 87.0 g/mol. The molecule has 2 heteroatoms. The van der Waals surface area contributed by atoms with Gasteiger partial charge in [0.15, 0.2) is 0 Å². The molecule has 32 valence electrons. The second-order valence-corrected chi connectivity index (χ2v) is 1.09. The average molecular weight is 96.1 g/mol. The van der Waals surface area contributed by atoms with E-state index in [9.17, 15) is 0 Å². The van der Waals surface area contributed by atoms with Crippen molar-refractivity contribution in [3.8, 4) is 0 Å². The fraction of sp³-hybridized carbons (Fsp3) is 0.750.